The summed E-state index contributed by atoms with van der Waals surface area (Å²) in [7, 11) is 0. The SMILES string of the molecule is CC(C)(C)c1ccc2c(c1)-c1cc(C(C)(C)C)ccc1C2(c1ccc[c]([Ge]2([c]3cccc(-c4ccccn4)c3)[c]3ccccc3-c3cccc[c]32)c1)c1ccccn1. The molecule has 0 unspecified atom stereocenters. The first-order valence-corrected chi connectivity index (χ1v) is 24.8. The van der Waals surface area contributed by atoms with Gasteiger partial charge in [0.25, 0.3) is 0 Å². The van der Waals surface area contributed by atoms with Gasteiger partial charge in [-0.15, -0.1) is 0 Å². The Kier molecular flexibility index (Phi) is 8.41. The van der Waals surface area contributed by atoms with Gasteiger partial charge < -0.3 is 0 Å². The predicted octanol–water partition coefficient (Wildman–Crippen LogP) is 10.5. The maximum atomic E-state index is 5.28. The third-order valence-corrected chi connectivity index (χ3v) is 23.0. The van der Waals surface area contributed by atoms with E-state index in [1.807, 2.05) is 24.5 Å². The van der Waals surface area contributed by atoms with Crippen molar-refractivity contribution in [2.75, 3.05) is 0 Å². The number of rotatable bonds is 5. The Morgan fingerprint density at radius 2 is 0.966 bits per heavy atom. The number of benzene rings is 6. The Hall–Kier alpha value is -5.84. The maximum absolute atomic E-state index is 5.28. The van der Waals surface area contributed by atoms with Gasteiger partial charge in [-0.2, -0.15) is 0 Å². The van der Waals surface area contributed by atoms with Crippen molar-refractivity contribution < 1.29 is 0 Å². The van der Waals surface area contributed by atoms with E-state index in [1.54, 1.807) is 0 Å². The molecule has 1 aliphatic heterocycles. The van der Waals surface area contributed by atoms with Crippen LogP contribution in [0, 0.1) is 0 Å². The molecule has 1 aliphatic carbocycles. The standard InChI is InChI=1S/C55H48GeN2/c1-53(2,3)38-27-29-47-45(35-38)46-36-39(54(4,5)6)28-30-48(46)55(47,52-26-12-14-32-58-52)40-18-16-20-42(34-40)56(41-19-15-17-37(33-41)51-25-11-13-31-57-51)49-23-9-7-21-43(49)44-22-8-10-24-50(44)56/h7-36H,1-6H3. The van der Waals surface area contributed by atoms with Crippen molar-refractivity contribution in [3.63, 3.8) is 0 Å². The number of hydrogen-bond acceptors (Lipinski definition) is 2. The number of pyridine rings is 2. The summed E-state index contributed by atoms with van der Waals surface area (Å²) in [4.78, 5) is 10.1. The molecule has 0 bridgehead atoms. The molecule has 0 atom stereocenters. The van der Waals surface area contributed by atoms with Gasteiger partial charge in [0.15, 0.2) is 0 Å². The van der Waals surface area contributed by atoms with Gasteiger partial charge in [-0.25, -0.2) is 0 Å². The van der Waals surface area contributed by atoms with E-state index >= 15 is 0 Å². The molecule has 0 spiro atoms. The summed E-state index contributed by atoms with van der Waals surface area (Å²) >= 11 is -3.71. The number of fused-ring (bicyclic) bond motifs is 6. The second-order valence-electron chi connectivity index (χ2n) is 18.2. The van der Waals surface area contributed by atoms with Crippen molar-refractivity contribution in [3.05, 3.63) is 216 Å². The van der Waals surface area contributed by atoms with Gasteiger partial charge in [-0.1, -0.05) is 0 Å². The summed E-state index contributed by atoms with van der Waals surface area (Å²) < 4.78 is 5.77. The zero-order valence-electron chi connectivity index (χ0n) is 34.2. The fraction of sp³-hybridized carbons (Fsp3) is 0.164. The van der Waals surface area contributed by atoms with E-state index in [0.29, 0.717) is 0 Å². The van der Waals surface area contributed by atoms with Gasteiger partial charge in [-0.3, -0.25) is 0 Å². The molecule has 2 aliphatic rings. The fourth-order valence-electron chi connectivity index (χ4n) is 10.0. The summed E-state index contributed by atoms with van der Waals surface area (Å²) in [5.74, 6) is 0. The average Bonchev–Trinajstić information content (AvgIpc) is 3.72. The quantitative estimate of drug-likeness (QED) is 0.162. The van der Waals surface area contributed by atoms with Crippen LogP contribution in [0.3, 0.4) is 0 Å². The molecule has 0 saturated carbocycles. The number of hydrogen-bond donors (Lipinski definition) is 0. The van der Waals surface area contributed by atoms with E-state index in [2.05, 4.69) is 199 Å². The van der Waals surface area contributed by atoms with E-state index in [0.717, 1.165) is 17.0 Å². The van der Waals surface area contributed by atoms with Gasteiger partial charge >= 0.3 is 348 Å². The van der Waals surface area contributed by atoms with Crippen molar-refractivity contribution in [1.29, 1.82) is 0 Å². The summed E-state index contributed by atoms with van der Waals surface area (Å²) in [6, 6.07) is 64.6. The molecule has 3 heterocycles. The molecule has 0 N–H and O–H groups in total. The molecule has 0 amide bonds. The first kappa shape index (κ1) is 36.5. The molecule has 2 nitrogen and oxygen atoms in total. The minimum atomic E-state index is -3.71. The van der Waals surface area contributed by atoms with Crippen molar-refractivity contribution in [2.24, 2.45) is 0 Å². The Morgan fingerprint density at radius 1 is 0.431 bits per heavy atom. The minimum absolute atomic E-state index is 0.00000227. The molecule has 58 heavy (non-hydrogen) atoms. The fourth-order valence-corrected chi connectivity index (χ4v) is 21.0. The molecule has 6 aromatic carbocycles. The molecule has 8 aromatic rings. The molecule has 0 radical (unpaired) electrons. The number of nitrogens with zero attached hydrogens (tertiary/aromatic N) is 2. The molecule has 3 heteroatoms. The third kappa shape index (κ3) is 5.38. The molecule has 2 aromatic heterocycles. The summed E-state index contributed by atoms with van der Waals surface area (Å²) in [6.45, 7) is 13.9. The van der Waals surface area contributed by atoms with Crippen LogP contribution in [0.2, 0.25) is 0 Å². The van der Waals surface area contributed by atoms with Gasteiger partial charge in [-0.05, 0) is 0 Å². The van der Waals surface area contributed by atoms with E-state index in [9.17, 15) is 0 Å². The summed E-state index contributed by atoms with van der Waals surface area (Å²) in [5.41, 5.74) is 14.4. The second kappa shape index (κ2) is 13.4. The predicted molar refractivity (Wildman–Crippen MR) is 245 cm³/mol. The van der Waals surface area contributed by atoms with Crippen LogP contribution in [0.5, 0.6) is 0 Å². The molecular formula is C55H48GeN2. The Morgan fingerprint density at radius 3 is 1.52 bits per heavy atom. The second-order valence-corrected chi connectivity index (χ2v) is 26.0. The van der Waals surface area contributed by atoms with Crippen LogP contribution in [0.15, 0.2) is 182 Å². The van der Waals surface area contributed by atoms with Gasteiger partial charge in [0.05, 0.1) is 0 Å². The van der Waals surface area contributed by atoms with E-state index in [4.69, 9.17) is 9.97 Å². The van der Waals surface area contributed by atoms with E-state index < -0.39 is 18.7 Å². The average molecular weight is 810 g/mol. The Bertz CT molecular complexity index is 2750. The van der Waals surface area contributed by atoms with Crippen LogP contribution in [0.25, 0.3) is 33.5 Å². The molecule has 0 fully saturated rings. The number of aromatic nitrogens is 2. The zero-order chi connectivity index (χ0) is 39.9. The van der Waals surface area contributed by atoms with Crippen molar-refractivity contribution in [2.45, 2.75) is 57.8 Å². The van der Waals surface area contributed by atoms with Crippen LogP contribution in [0.4, 0.5) is 0 Å². The van der Waals surface area contributed by atoms with Crippen LogP contribution in [-0.2, 0) is 16.2 Å². The first-order valence-electron chi connectivity index (χ1n) is 20.6. The van der Waals surface area contributed by atoms with Gasteiger partial charge in [0.1, 0.15) is 0 Å². The van der Waals surface area contributed by atoms with Crippen LogP contribution in [-0.4, -0.2) is 23.2 Å². The first-order chi connectivity index (χ1) is 28.0. The molecule has 0 saturated heterocycles. The van der Waals surface area contributed by atoms with Crippen LogP contribution >= 0.6 is 0 Å². The zero-order valence-corrected chi connectivity index (χ0v) is 36.3. The van der Waals surface area contributed by atoms with Crippen molar-refractivity contribution in [3.8, 4) is 33.5 Å². The Labute approximate surface area is 346 Å². The summed E-state index contributed by atoms with van der Waals surface area (Å²) in [5, 5.41) is 0. The van der Waals surface area contributed by atoms with E-state index in [-0.39, 0.29) is 10.8 Å². The van der Waals surface area contributed by atoms with Gasteiger partial charge in [0.2, 0.25) is 0 Å². The van der Waals surface area contributed by atoms with Crippen LogP contribution in [0.1, 0.15) is 75.1 Å². The monoisotopic (exact) mass is 810 g/mol. The molecule has 10 rings (SSSR count). The molecular weight excluding hydrogens is 761 g/mol. The summed E-state index contributed by atoms with van der Waals surface area (Å²) in [6.07, 6.45) is 3.86. The Balaban J connectivity index is 1.31. The van der Waals surface area contributed by atoms with Gasteiger partial charge in [0, 0.05) is 0 Å². The van der Waals surface area contributed by atoms with Crippen LogP contribution < -0.4 is 17.6 Å². The normalized spacial score (nSPS) is 14.7. The van der Waals surface area contributed by atoms with Crippen molar-refractivity contribution >= 4 is 30.8 Å². The van der Waals surface area contributed by atoms with E-state index in [1.165, 1.54) is 67.7 Å². The van der Waals surface area contributed by atoms with Crippen molar-refractivity contribution in [1.82, 2.24) is 9.97 Å². The topological polar surface area (TPSA) is 25.8 Å². The molecule has 282 valence electrons. The third-order valence-electron chi connectivity index (χ3n) is 12.9.